The van der Waals surface area contributed by atoms with E-state index < -0.39 is 21.7 Å². The Balaban J connectivity index is 1.19. The van der Waals surface area contributed by atoms with Crippen molar-refractivity contribution in [3.05, 3.63) is 90.8 Å². The second kappa shape index (κ2) is 11.8. The summed E-state index contributed by atoms with van der Waals surface area (Å²) in [5.74, 6) is 0.507. The summed E-state index contributed by atoms with van der Waals surface area (Å²) in [5.41, 5.74) is 1.89. The number of nitrogens with one attached hydrogen (secondary N) is 1. The number of piperidine rings is 1. The van der Waals surface area contributed by atoms with Crippen molar-refractivity contribution in [2.45, 2.75) is 50.3 Å². The van der Waals surface area contributed by atoms with Crippen LogP contribution in [0.5, 0.6) is 0 Å². The maximum atomic E-state index is 13.2. The Labute approximate surface area is 244 Å². The number of pyridine rings is 2. The van der Waals surface area contributed by atoms with E-state index in [9.17, 15) is 18.0 Å². The molecular formula is C30H32N6O5S. The van der Waals surface area contributed by atoms with Gasteiger partial charge >= 0.3 is 6.09 Å². The third kappa shape index (κ3) is 6.72. The van der Waals surface area contributed by atoms with Crippen LogP contribution >= 0.6 is 0 Å². The van der Waals surface area contributed by atoms with Crippen LogP contribution in [-0.2, 0) is 14.8 Å². The second-order valence-electron chi connectivity index (χ2n) is 11.0. The van der Waals surface area contributed by atoms with Gasteiger partial charge < -0.3 is 10.1 Å². The number of sulfonamides is 1. The first kappa shape index (κ1) is 29.1. The molecule has 4 aromatic rings. The number of ketones is 1. The highest BCUT2D eigenvalue weighted by Gasteiger charge is 2.31. The zero-order chi connectivity index (χ0) is 29.9. The van der Waals surface area contributed by atoms with Crippen molar-refractivity contribution in [3.63, 3.8) is 0 Å². The van der Waals surface area contributed by atoms with E-state index in [4.69, 9.17) is 4.74 Å². The monoisotopic (exact) mass is 588 g/mol. The van der Waals surface area contributed by atoms with Gasteiger partial charge in [0.2, 0.25) is 0 Å². The highest BCUT2D eigenvalue weighted by Crippen LogP contribution is 2.24. The molecule has 218 valence electrons. The molecule has 0 unspecified atom stereocenters. The van der Waals surface area contributed by atoms with Crippen molar-refractivity contribution in [2.24, 2.45) is 0 Å². The van der Waals surface area contributed by atoms with Gasteiger partial charge in [-0.05, 0) is 63.4 Å². The second-order valence-corrected chi connectivity index (χ2v) is 12.9. The molecule has 0 bridgehead atoms. The highest BCUT2D eigenvalue weighted by atomic mass is 32.2. The molecule has 0 aliphatic carbocycles. The van der Waals surface area contributed by atoms with Crippen molar-refractivity contribution in [2.75, 3.05) is 13.1 Å². The summed E-state index contributed by atoms with van der Waals surface area (Å²) in [6, 6.07) is 13.6. The van der Waals surface area contributed by atoms with Crippen LogP contribution in [0.4, 0.5) is 4.79 Å². The van der Waals surface area contributed by atoms with E-state index in [1.54, 1.807) is 86.5 Å². The number of aromatic nitrogens is 4. The number of nitrogens with zero attached hydrogens (tertiary/aromatic N) is 5. The average Bonchev–Trinajstić information content (AvgIpc) is 3.52. The molecule has 0 atom stereocenters. The fraction of sp³-hybridized carbons (Fsp3) is 0.300. The third-order valence-corrected chi connectivity index (χ3v) is 8.59. The molecule has 12 heteroatoms. The van der Waals surface area contributed by atoms with E-state index in [1.807, 2.05) is 0 Å². The number of carbonyl (C=O) groups excluding carboxylic acids is 2. The van der Waals surface area contributed by atoms with E-state index >= 15 is 0 Å². The van der Waals surface area contributed by atoms with Crippen LogP contribution in [0.3, 0.4) is 0 Å². The first-order chi connectivity index (χ1) is 20.0. The Morgan fingerprint density at radius 1 is 0.905 bits per heavy atom. The molecule has 1 N–H and O–H groups in total. The lowest BCUT2D eigenvalue weighted by molar-refractivity contribution is 0.0489. The van der Waals surface area contributed by atoms with Gasteiger partial charge in [0.05, 0.1) is 0 Å². The minimum Gasteiger partial charge on any atom is -0.444 e. The van der Waals surface area contributed by atoms with E-state index in [1.165, 1.54) is 22.8 Å². The Kier molecular flexibility index (Phi) is 8.19. The molecule has 3 aromatic heterocycles. The molecule has 0 saturated carbocycles. The summed E-state index contributed by atoms with van der Waals surface area (Å²) in [5, 5.41) is 2.78. The first-order valence-corrected chi connectivity index (χ1v) is 15.0. The Morgan fingerprint density at radius 2 is 1.60 bits per heavy atom. The largest absolute Gasteiger partial charge is 0.444 e. The predicted molar refractivity (Wildman–Crippen MR) is 156 cm³/mol. The van der Waals surface area contributed by atoms with E-state index in [-0.39, 0.29) is 29.9 Å². The molecule has 1 fully saturated rings. The van der Waals surface area contributed by atoms with Gasteiger partial charge in [0.25, 0.3) is 10.0 Å². The van der Waals surface area contributed by atoms with Crippen LogP contribution in [-0.4, -0.2) is 68.9 Å². The van der Waals surface area contributed by atoms with Gasteiger partial charge in [-0.15, -0.1) is 0 Å². The van der Waals surface area contributed by atoms with Crippen molar-refractivity contribution in [3.8, 4) is 16.9 Å². The lowest BCUT2D eigenvalue weighted by Gasteiger charge is -2.31. The minimum atomic E-state index is -3.79. The zero-order valence-corrected chi connectivity index (χ0v) is 24.4. The van der Waals surface area contributed by atoms with E-state index in [2.05, 4.69) is 20.3 Å². The highest BCUT2D eigenvalue weighted by molar-refractivity contribution is 7.89. The molecule has 1 saturated heterocycles. The Hall–Kier alpha value is -4.42. The SMILES string of the molecule is CC(C)(C)OC(=O)NC1CCN(S(=O)(=O)c2ccc(-c3ccc(C(=O)c4ccc(-n5ccnc5)nc4)cc3)cn2)CC1. The topological polar surface area (TPSA) is 136 Å². The molecule has 1 aliphatic heterocycles. The van der Waals surface area contributed by atoms with E-state index in [0.29, 0.717) is 29.8 Å². The fourth-order valence-corrected chi connectivity index (χ4v) is 5.98. The summed E-state index contributed by atoms with van der Waals surface area (Å²) in [6.45, 7) is 5.91. The van der Waals surface area contributed by atoms with Crippen LogP contribution in [0.2, 0.25) is 0 Å². The molecule has 5 rings (SSSR count). The van der Waals surface area contributed by atoms with Gasteiger partial charge in [-0.3, -0.25) is 9.36 Å². The fourth-order valence-electron chi connectivity index (χ4n) is 4.60. The summed E-state index contributed by atoms with van der Waals surface area (Å²) in [6.07, 6.45) is 8.57. The maximum Gasteiger partial charge on any atom is 0.407 e. The number of hydrogen-bond donors (Lipinski definition) is 1. The Bertz CT molecular complexity index is 1640. The van der Waals surface area contributed by atoms with Crippen molar-refractivity contribution in [1.29, 1.82) is 0 Å². The molecule has 1 amide bonds. The molecule has 4 heterocycles. The number of imidazole rings is 1. The number of ether oxygens (including phenoxy) is 1. The normalized spacial score (nSPS) is 14.8. The van der Waals surface area contributed by atoms with Gasteiger partial charge in [-0.2, -0.15) is 4.31 Å². The quantitative estimate of drug-likeness (QED) is 0.317. The number of alkyl carbamates (subject to hydrolysis) is 1. The van der Waals surface area contributed by atoms with Gasteiger partial charge in [0.1, 0.15) is 17.7 Å². The summed E-state index contributed by atoms with van der Waals surface area (Å²) < 4.78 is 34.8. The number of amides is 1. The van der Waals surface area contributed by atoms with Crippen LogP contribution in [0.15, 0.2) is 84.7 Å². The van der Waals surface area contributed by atoms with Crippen LogP contribution < -0.4 is 5.32 Å². The van der Waals surface area contributed by atoms with Gasteiger partial charge in [0.15, 0.2) is 10.8 Å². The number of hydrogen-bond acceptors (Lipinski definition) is 8. The molecule has 1 aromatic carbocycles. The maximum absolute atomic E-state index is 13.2. The van der Waals surface area contributed by atoms with Gasteiger partial charge in [-0.1, -0.05) is 24.3 Å². The molecule has 42 heavy (non-hydrogen) atoms. The van der Waals surface area contributed by atoms with Crippen molar-refractivity contribution < 1.29 is 22.7 Å². The van der Waals surface area contributed by atoms with Crippen molar-refractivity contribution >= 4 is 21.9 Å². The summed E-state index contributed by atoms with van der Waals surface area (Å²) in [4.78, 5) is 37.6. The number of rotatable bonds is 7. The van der Waals surface area contributed by atoms with Gasteiger partial charge in [0, 0.05) is 60.6 Å². The van der Waals surface area contributed by atoms with Crippen LogP contribution in [0.1, 0.15) is 49.5 Å². The lowest BCUT2D eigenvalue weighted by Crippen LogP contribution is -2.47. The summed E-state index contributed by atoms with van der Waals surface area (Å²) >= 11 is 0. The first-order valence-electron chi connectivity index (χ1n) is 13.5. The van der Waals surface area contributed by atoms with Crippen LogP contribution in [0.25, 0.3) is 16.9 Å². The average molecular weight is 589 g/mol. The standard InChI is InChI=1S/C30H32N6O5S/c1-30(2,3)41-29(38)34-25-12-15-36(16-13-25)42(39,40)27-11-9-23(18-33-27)21-4-6-22(7-5-21)28(37)24-8-10-26(32-19-24)35-17-14-31-20-35/h4-11,14,17-20,25H,12-13,15-16H2,1-3H3,(H,34,38). The summed E-state index contributed by atoms with van der Waals surface area (Å²) in [7, 11) is -3.79. The number of benzene rings is 1. The lowest BCUT2D eigenvalue weighted by atomic mass is 10.0. The third-order valence-electron chi connectivity index (χ3n) is 6.77. The van der Waals surface area contributed by atoms with Crippen LogP contribution in [0, 0.1) is 0 Å². The molecule has 1 aliphatic rings. The van der Waals surface area contributed by atoms with E-state index in [0.717, 1.165) is 11.1 Å². The molecule has 0 radical (unpaired) electrons. The zero-order valence-electron chi connectivity index (χ0n) is 23.6. The van der Waals surface area contributed by atoms with Crippen molar-refractivity contribution in [1.82, 2.24) is 29.1 Å². The molecular weight excluding hydrogens is 556 g/mol. The Morgan fingerprint density at radius 3 is 2.17 bits per heavy atom. The number of carbonyl (C=O) groups is 2. The smallest absolute Gasteiger partial charge is 0.407 e. The molecule has 11 nitrogen and oxygen atoms in total. The minimum absolute atomic E-state index is 0.0387. The van der Waals surface area contributed by atoms with Gasteiger partial charge in [-0.25, -0.2) is 28.2 Å². The molecule has 0 spiro atoms. The predicted octanol–water partition coefficient (Wildman–Crippen LogP) is 4.24.